The molecule has 0 saturated carbocycles. The number of nitrogens with zero attached hydrogens (tertiary/aromatic N) is 3. The number of halogens is 1. The van der Waals surface area contributed by atoms with Gasteiger partial charge in [0.25, 0.3) is 0 Å². The van der Waals surface area contributed by atoms with Gasteiger partial charge in [0, 0.05) is 13.0 Å². The summed E-state index contributed by atoms with van der Waals surface area (Å²) in [7, 11) is -3.76. The Hall–Kier alpha value is -1.95. The van der Waals surface area contributed by atoms with Crippen LogP contribution in [0.15, 0.2) is 27.6 Å². The Morgan fingerprint density at radius 1 is 1.48 bits per heavy atom. The predicted octanol–water partition coefficient (Wildman–Crippen LogP) is 1.42. The Labute approximate surface area is 126 Å². The highest BCUT2D eigenvalue weighted by Gasteiger charge is 2.18. The first-order valence-electron chi connectivity index (χ1n) is 5.91. The molecule has 2 rings (SSSR count). The molecular formula is C12H11ClN4O3S. The van der Waals surface area contributed by atoms with E-state index >= 15 is 0 Å². The number of sulfonamides is 1. The molecule has 1 heterocycles. The predicted molar refractivity (Wildman–Crippen MR) is 74.1 cm³/mol. The van der Waals surface area contributed by atoms with Gasteiger partial charge in [-0.15, -0.1) is 0 Å². The fourth-order valence-corrected chi connectivity index (χ4v) is 3.17. The SMILES string of the molecule is Cc1noc(CCNS(=O)(=O)c2ccc(C#N)cc2Cl)n1. The number of aromatic nitrogens is 2. The van der Waals surface area contributed by atoms with Gasteiger partial charge in [0.05, 0.1) is 16.7 Å². The third-order valence-electron chi connectivity index (χ3n) is 2.55. The van der Waals surface area contributed by atoms with Crippen molar-refractivity contribution < 1.29 is 12.9 Å². The zero-order valence-electron chi connectivity index (χ0n) is 11.0. The molecular weight excluding hydrogens is 316 g/mol. The molecule has 0 spiro atoms. The molecule has 7 nitrogen and oxygen atoms in total. The van der Waals surface area contributed by atoms with Gasteiger partial charge in [0.1, 0.15) is 4.90 Å². The van der Waals surface area contributed by atoms with E-state index in [0.29, 0.717) is 17.3 Å². The highest BCUT2D eigenvalue weighted by Crippen LogP contribution is 2.22. The summed E-state index contributed by atoms with van der Waals surface area (Å²) in [5.41, 5.74) is 0.292. The van der Waals surface area contributed by atoms with E-state index in [0.717, 1.165) is 0 Å². The van der Waals surface area contributed by atoms with Gasteiger partial charge in [-0.1, -0.05) is 16.8 Å². The summed E-state index contributed by atoms with van der Waals surface area (Å²) in [5, 5.41) is 12.3. The largest absolute Gasteiger partial charge is 0.339 e. The van der Waals surface area contributed by atoms with E-state index in [4.69, 9.17) is 21.4 Å². The van der Waals surface area contributed by atoms with Crippen LogP contribution >= 0.6 is 11.6 Å². The van der Waals surface area contributed by atoms with Crippen LogP contribution in [0.5, 0.6) is 0 Å². The van der Waals surface area contributed by atoms with Gasteiger partial charge in [-0.3, -0.25) is 0 Å². The maximum Gasteiger partial charge on any atom is 0.242 e. The molecule has 0 radical (unpaired) electrons. The van der Waals surface area contributed by atoms with Gasteiger partial charge >= 0.3 is 0 Å². The lowest BCUT2D eigenvalue weighted by molar-refractivity contribution is 0.375. The minimum atomic E-state index is -3.76. The zero-order chi connectivity index (χ0) is 15.5. The Morgan fingerprint density at radius 3 is 2.81 bits per heavy atom. The van der Waals surface area contributed by atoms with Crippen LogP contribution in [0.1, 0.15) is 17.3 Å². The quantitative estimate of drug-likeness (QED) is 0.890. The minimum Gasteiger partial charge on any atom is -0.339 e. The summed E-state index contributed by atoms with van der Waals surface area (Å²) in [4.78, 5) is 3.89. The van der Waals surface area contributed by atoms with E-state index in [-0.39, 0.29) is 22.9 Å². The minimum absolute atomic E-state index is 0.00446. The number of nitriles is 1. The summed E-state index contributed by atoms with van der Waals surface area (Å²) >= 11 is 5.88. The molecule has 0 bridgehead atoms. The van der Waals surface area contributed by atoms with E-state index < -0.39 is 10.0 Å². The second kappa shape index (κ2) is 6.22. The van der Waals surface area contributed by atoms with Gasteiger partial charge in [-0.05, 0) is 25.1 Å². The highest BCUT2D eigenvalue weighted by atomic mass is 35.5. The molecule has 0 amide bonds. The molecule has 0 aliphatic rings. The van der Waals surface area contributed by atoms with Crippen molar-refractivity contribution in [3.05, 3.63) is 40.5 Å². The standard InChI is InChI=1S/C12H11ClN4O3S/c1-8-16-12(20-17-8)4-5-15-21(18,19)11-3-2-9(7-14)6-10(11)13/h2-3,6,15H,4-5H2,1H3. The average molecular weight is 327 g/mol. The van der Waals surface area contributed by atoms with Gasteiger partial charge in [0.2, 0.25) is 15.9 Å². The van der Waals surface area contributed by atoms with Crippen molar-refractivity contribution in [3.8, 4) is 6.07 Å². The molecule has 1 N–H and O–H groups in total. The van der Waals surface area contributed by atoms with Crippen molar-refractivity contribution in [2.24, 2.45) is 0 Å². The van der Waals surface area contributed by atoms with Crippen LogP contribution in [0, 0.1) is 18.3 Å². The first kappa shape index (κ1) is 15.4. The van der Waals surface area contributed by atoms with Crippen LogP contribution in [0.3, 0.4) is 0 Å². The first-order chi connectivity index (χ1) is 9.92. The fraction of sp³-hybridized carbons (Fsp3) is 0.250. The monoisotopic (exact) mass is 326 g/mol. The molecule has 1 aromatic heterocycles. The molecule has 1 aromatic carbocycles. The maximum atomic E-state index is 12.1. The number of nitrogens with one attached hydrogen (secondary N) is 1. The van der Waals surface area contributed by atoms with Gasteiger partial charge in [-0.25, -0.2) is 13.1 Å². The van der Waals surface area contributed by atoms with Crippen molar-refractivity contribution >= 4 is 21.6 Å². The zero-order valence-corrected chi connectivity index (χ0v) is 12.6. The number of aryl methyl sites for hydroxylation is 1. The van der Waals surface area contributed by atoms with Crippen molar-refractivity contribution in [2.75, 3.05) is 6.54 Å². The van der Waals surface area contributed by atoms with Crippen molar-refractivity contribution in [1.82, 2.24) is 14.9 Å². The van der Waals surface area contributed by atoms with E-state index in [2.05, 4.69) is 14.9 Å². The lowest BCUT2D eigenvalue weighted by Crippen LogP contribution is -2.26. The molecule has 0 saturated heterocycles. The van der Waals surface area contributed by atoms with Crippen LogP contribution in [0.25, 0.3) is 0 Å². The Bertz CT molecular complexity index is 795. The van der Waals surface area contributed by atoms with Gasteiger partial charge in [-0.2, -0.15) is 10.2 Å². The van der Waals surface area contributed by atoms with Crippen molar-refractivity contribution in [3.63, 3.8) is 0 Å². The molecule has 0 fully saturated rings. The third-order valence-corrected chi connectivity index (χ3v) is 4.50. The highest BCUT2D eigenvalue weighted by molar-refractivity contribution is 7.89. The second-order valence-electron chi connectivity index (χ2n) is 4.14. The molecule has 0 aliphatic carbocycles. The summed E-state index contributed by atoms with van der Waals surface area (Å²) in [6.07, 6.45) is 0.272. The molecule has 9 heteroatoms. The number of hydrogen-bond acceptors (Lipinski definition) is 6. The smallest absolute Gasteiger partial charge is 0.242 e. The van der Waals surface area contributed by atoms with Crippen molar-refractivity contribution in [2.45, 2.75) is 18.2 Å². The average Bonchev–Trinajstić information content (AvgIpc) is 2.83. The van der Waals surface area contributed by atoms with Crippen LogP contribution in [-0.2, 0) is 16.4 Å². The molecule has 0 atom stereocenters. The number of hydrogen-bond donors (Lipinski definition) is 1. The second-order valence-corrected chi connectivity index (χ2v) is 6.28. The summed E-state index contributed by atoms with van der Waals surface area (Å²) in [5.74, 6) is 0.837. The van der Waals surface area contributed by atoms with E-state index in [9.17, 15) is 8.42 Å². The topological polar surface area (TPSA) is 109 Å². The molecule has 0 unspecified atom stereocenters. The van der Waals surface area contributed by atoms with Crippen LogP contribution < -0.4 is 4.72 Å². The summed E-state index contributed by atoms with van der Waals surface area (Å²) in [6, 6.07) is 5.87. The van der Waals surface area contributed by atoms with Crippen LogP contribution in [-0.4, -0.2) is 25.1 Å². The maximum absolute atomic E-state index is 12.1. The Kier molecular flexibility index (Phi) is 4.57. The normalized spacial score (nSPS) is 11.3. The third kappa shape index (κ3) is 3.78. The summed E-state index contributed by atoms with van der Waals surface area (Å²) < 4.78 is 31.5. The van der Waals surface area contributed by atoms with Crippen LogP contribution in [0.4, 0.5) is 0 Å². The van der Waals surface area contributed by atoms with E-state index in [1.807, 2.05) is 6.07 Å². The first-order valence-corrected chi connectivity index (χ1v) is 7.77. The van der Waals surface area contributed by atoms with Crippen molar-refractivity contribution in [1.29, 1.82) is 5.26 Å². The lowest BCUT2D eigenvalue weighted by atomic mass is 10.2. The van der Waals surface area contributed by atoms with Crippen LogP contribution in [0.2, 0.25) is 5.02 Å². The molecule has 2 aromatic rings. The lowest BCUT2D eigenvalue weighted by Gasteiger charge is -2.07. The molecule has 110 valence electrons. The van der Waals surface area contributed by atoms with Gasteiger partial charge < -0.3 is 4.52 Å². The molecule has 21 heavy (non-hydrogen) atoms. The summed E-state index contributed by atoms with van der Waals surface area (Å²) in [6.45, 7) is 1.77. The van der Waals surface area contributed by atoms with E-state index in [1.54, 1.807) is 6.92 Å². The van der Waals surface area contributed by atoms with E-state index in [1.165, 1.54) is 18.2 Å². The fourth-order valence-electron chi connectivity index (χ4n) is 1.60. The Balaban J connectivity index is 2.06. The Morgan fingerprint density at radius 2 is 2.24 bits per heavy atom. The number of benzene rings is 1. The number of rotatable bonds is 5. The molecule has 0 aliphatic heterocycles. The van der Waals surface area contributed by atoms with Gasteiger partial charge in [0.15, 0.2) is 5.82 Å².